The van der Waals surface area contributed by atoms with Crippen LogP contribution in [-0.4, -0.2) is 9.13 Å². The molecule has 0 bridgehead atoms. The molecule has 0 radical (unpaired) electrons. The average Bonchev–Trinajstić information content (AvgIpc) is 3.77. The van der Waals surface area contributed by atoms with E-state index in [0.717, 1.165) is 65.3 Å². The van der Waals surface area contributed by atoms with Gasteiger partial charge < -0.3 is 10.3 Å². The molecule has 0 fully saturated rings. The zero-order valence-electron chi connectivity index (χ0n) is 39.3. The van der Waals surface area contributed by atoms with Crippen LogP contribution in [-0.2, 0) is 19.3 Å². The summed E-state index contributed by atoms with van der Waals surface area (Å²) in [5.41, 5.74) is 20.9. The van der Waals surface area contributed by atoms with Crippen LogP contribution in [0.3, 0.4) is 0 Å². The van der Waals surface area contributed by atoms with E-state index in [-0.39, 0.29) is 0 Å². The van der Waals surface area contributed by atoms with Gasteiger partial charge in [0.05, 0.1) is 16.6 Å². The predicted molar refractivity (Wildman–Crippen MR) is 273 cm³/mol. The summed E-state index contributed by atoms with van der Waals surface area (Å²) >= 11 is 0. The van der Waals surface area contributed by atoms with Crippen LogP contribution in [0, 0.1) is 17.8 Å². The Balaban J connectivity index is 1.29. The zero-order chi connectivity index (χ0) is 43.6. The molecule has 7 rings (SSSR count). The fraction of sp³-hybridized carbons (Fsp3) is 0.424. The van der Waals surface area contributed by atoms with Gasteiger partial charge >= 0.3 is 0 Å². The lowest BCUT2D eigenvalue weighted by atomic mass is 9.90. The second-order valence-corrected chi connectivity index (χ2v) is 18.5. The van der Waals surface area contributed by atoms with E-state index in [2.05, 4.69) is 173 Å². The second kappa shape index (κ2) is 21.4. The van der Waals surface area contributed by atoms with Crippen LogP contribution in [0.2, 0.25) is 0 Å². The first kappa shape index (κ1) is 45.0. The number of nitrogen functional groups attached to an aromatic ring is 1. The molecule has 0 saturated carbocycles. The lowest BCUT2D eigenvalue weighted by molar-refractivity contribution is 0.449. The summed E-state index contributed by atoms with van der Waals surface area (Å²) in [6, 6.07) is 39.8. The molecule has 7 aromatic rings. The number of unbranched alkanes of at least 4 members (excludes halogenated alkanes) is 3. The summed E-state index contributed by atoms with van der Waals surface area (Å²) in [7, 11) is 0. The lowest BCUT2D eigenvalue weighted by Crippen LogP contribution is -2.04. The minimum atomic E-state index is 0.724. The summed E-state index contributed by atoms with van der Waals surface area (Å²) < 4.78 is 4.75. The first-order chi connectivity index (χ1) is 30.3. The number of fused-ring (bicyclic) bond motifs is 4. The van der Waals surface area contributed by atoms with Gasteiger partial charge in [-0.3, -0.25) is 4.57 Å². The standard InChI is InChI=1S/C59H75N3/c1-8-15-20-42(12-5)35-45-25-29-48(30-26-45)49-31-34-58-55(40-49)52(19-11-4)59(60)62(58)51-24-18-23-50(41-51)61-56-32-27-46(36-43(13-6)21-16-9-2)38-53(56)54-39-47(28-33-57(54)61)37-44(14-7)22-17-10-3/h11,18-19,23-34,38-44H,8-10,12-17,20-22,35-37,60H2,1-7H3/b19-11-. The van der Waals surface area contributed by atoms with Crippen molar-refractivity contribution in [2.45, 2.75) is 145 Å². The molecule has 3 nitrogen and oxygen atoms in total. The molecule has 0 saturated heterocycles. The minimum Gasteiger partial charge on any atom is -0.384 e. The summed E-state index contributed by atoms with van der Waals surface area (Å²) in [6.07, 6.45) is 23.1. The van der Waals surface area contributed by atoms with E-state index in [1.54, 1.807) is 0 Å². The molecule has 0 spiro atoms. The topological polar surface area (TPSA) is 35.9 Å². The van der Waals surface area contributed by atoms with Gasteiger partial charge in [0.15, 0.2) is 0 Å². The number of hydrogen-bond acceptors (Lipinski definition) is 1. The van der Waals surface area contributed by atoms with Crippen LogP contribution in [0.25, 0.3) is 61.3 Å². The Morgan fingerprint density at radius 2 is 0.935 bits per heavy atom. The first-order valence-electron chi connectivity index (χ1n) is 24.7. The van der Waals surface area contributed by atoms with E-state index in [4.69, 9.17) is 5.73 Å². The fourth-order valence-corrected chi connectivity index (χ4v) is 10.2. The highest BCUT2D eigenvalue weighted by Crippen LogP contribution is 2.39. The van der Waals surface area contributed by atoms with Crippen LogP contribution >= 0.6 is 0 Å². The SMILES string of the molecule is C/C=C\c1c(N)n(-c2cccc(-n3c4ccc(CC(CC)CCCC)cc4c4cc(CC(CC)CCCC)ccc43)c2)c2ccc(-c3ccc(CC(CC)CCCC)cc3)cc12. The first-order valence-corrected chi connectivity index (χ1v) is 24.7. The number of hydrogen-bond donors (Lipinski definition) is 1. The van der Waals surface area contributed by atoms with Crippen molar-refractivity contribution in [2.75, 3.05) is 5.73 Å². The number of nitrogens with zero attached hydrogens (tertiary/aromatic N) is 2. The molecule has 5 aromatic carbocycles. The molecule has 2 aromatic heterocycles. The van der Waals surface area contributed by atoms with Crippen molar-refractivity contribution in [1.82, 2.24) is 9.13 Å². The molecule has 2 N–H and O–H groups in total. The molecular formula is C59H75N3. The van der Waals surface area contributed by atoms with E-state index in [1.807, 2.05) is 0 Å². The van der Waals surface area contributed by atoms with Gasteiger partial charge in [-0.2, -0.15) is 0 Å². The summed E-state index contributed by atoms with van der Waals surface area (Å²) in [5.74, 6) is 2.97. The van der Waals surface area contributed by atoms with Gasteiger partial charge in [-0.25, -0.2) is 0 Å². The Bertz CT molecular complexity index is 2490. The van der Waals surface area contributed by atoms with Crippen LogP contribution < -0.4 is 5.73 Å². The second-order valence-electron chi connectivity index (χ2n) is 18.5. The number of nitrogens with two attached hydrogens (primary N) is 1. The van der Waals surface area contributed by atoms with Gasteiger partial charge in [-0.1, -0.05) is 179 Å². The fourth-order valence-electron chi connectivity index (χ4n) is 10.2. The Labute approximate surface area is 374 Å². The third-order valence-electron chi connectivity index (χ3n) is 14.1. The predicted octanol–water partition coefficient (Wildman–Crippen LogP) is 17.3. The van der Waals surface area contributed by atoms with E-state index in [0.29, 0.717) is 0 Å². The molecule has 3 atom stereocenters. The molecule has 62 heavy (non-hydrogen) atoms. The van der Waals surface area contributed by atoms with E-state index in [1.165, 1.54) is 132 Å². The van der Waals surface area contributed by atoms with Crippen LogP contribution in [0.4, 0.5) is 5.82 Å². The van der Waals surface area contributed by atoms with Crippen molar-refractivity contribution in [3.05, 3.63) is 131 Å². The highest BCUT2D eigenvalue weighted by Gasteiger charge is 2.20. The molecule has 0 aliphatic rings. The molecule has 2 heterocycles. The van der Waals surface area contributed by atoms with E-state index < -0.39 is 0 Å². The van der Waals surface area contributed by atoms with Crippen LogP contribution in [0.15, 0.2) is 109 Å². The third kappa shape index (κ3) is 9.94. The number of aromatic nitrogens is 2. The van der Waals surface area contributed by atoms with Crippen molar-refractivity contribution < 1.29 is 0 Å². The average molecular weight is 826 g/mol. The van der Waals surface area contributed by atoms with Gasteiger partial charge in [-0.15, -0.1) is 0 Å². The highest BCUT2D eigenvalue weighted by molar-refractivity contribution is 6.10. The molecule has 0 amide bonds. The number of anilines is 1. The Morgan fingerprint density at radius 1 is 0.484 bits per heavy atom. The van der Waals surface area contributed by atoms with Gasteiger partial charge in [-0.05, 0) is 126 Å². The lowest BCUT2D eigenvalue weighted by Gasteiger charge is -2.15. The summed E-state index contributed by atoms with van der Waals surface area (Å²) in [5, 5.41) is 3.89. The van der Waals surface area contributed by atoms with Crippen LogP contribution in [0.1, 0.15) is 148 Å². The van der Waals surface area contributed by atoms with Crippen molar-refractivity contribution in [3.63, 3.8) is 0 Å². The normalized spacial score (nSPS) is 13.5. The third-order valence-corrected chi connectivity index (χ3v) is 14.1. The molecule has 0 aliphatic heterocycles. The van der Waals surface area contributed by atoms with Crippen molar-refractivity contribution in [1.29, 1.82) is 0 Å². The van der Waals surface area contributed by atoms with Crippen molar-refractivity contribution in [3.8, 4) is 22.5 Å². The van der Waals surface area contributed by atoms with Crippen molar-refractivity contribution in [2.24, 2.45) is 17.8 Å². The highest BCUT2D eigenvalue weighted by atomic mass is 15.1. The maximum atomic E-state index is 7.19. The smallest absolute Gasteiger partial charge is 0.116 e. The Morgan fingerprint density at radius 3 is 1.44 bits per heavy atom. The zero-order valence-corrected chi connectivity index (χ0v) is 39.3. The van der Waals surface area contributed by atoms with Gasteiger partial charge in [0.1, 0.15) is 5.82 Å². The van der Waals surface area contributed by atoms with Crippen molar-refractivity contribution >= 4 is 44.6 Å². The molecular weight excluding hydrogens is 751 g/mol. The summed E-state index contributed by atoms with van der Waals surface area (Å²) in [4.78, 5) is 0. The Kier molecular flexibility index (Phi) is 15.5. The molecule has 0 aliphatic carbocycles. The molecule has 3 unspecified atom stereocenters. The minimum absolute atomic E-state index is 0.724. The van der Waals surface area contributed by atoms with E-state index in [9.17, 15) is 0 Å². The number of rotatable bonds is 22. The van der Waals surface area contributed by atoms with E-state index >= 15 is 0 Å². The van der Waals surface area contributed by atoms with Gasteiger partial charge in [0.25, 0.3) is 0 Å². The number of allylic oxidation sites excluding steroid dienone is 1. The number of benzene rings is 5. The quantitative estimate of drug-likeness (QED) is 0.0726. The maximum Gasteiger partial charge on any atom is 0.116 e. The monoisotopic (exact) mass is 826 g/mol. The molecule has 3 heteroatoms. The molecule has 326 valence electrons. The maximum absolute atomic E-state index is 7.19. The van der Waals surface area contributed by atoms with Gasteiger partial charge in [0.2, 0.25) is 0 Å². The van der Waals surface area contributed by atoms with Gasteiger partial charge in [0, 0.05) is 33.1 Å². The summed E-state index contributed by atoms with van der Waals surface area (Å²) in [6.45, 7) is 16.1. The Hall–Kier alpha value is -5.02. The largest absolute Gasteiger partial charge is 0.384 e. The van der Waals surface area contributed by atoms with Crippen LogP contribution in [0.5, 0.6) is 0 Å².